The van der Waals surface area contributed by atoms with Crippen molar-refractivity contribution in [3.63, 3.8) is 0 Å². The molecule has 4 nitrogen and oxygen atoms in total. The lowest BCUT2D eigenvalue weighted by molar-refractivity contribution is 1.11. The van der Waals surface area contributed by atoms with Crippen LogP contribution in [0.1, 0.15) is 5.82 Å². The van der Waals surface area contributed by atoms with E-state index in [4.69, 9.17) is 11.1 Å². The molecule has 1 radical (unpaired) electrons. The highest BCUT2D eigenvalue weighted by Gasteiger charge is 1.93. The van der Waals surface area contributed by atoms with Crippen molar-refractivity contribution >= 4 is 5.84 Å². The summed E-state index contributed by atoms with van der Waals surface area (Å²) in [4.78, 5) is 7.28. The summed E-state index contributed by atoms with van der Waals surface area (Å²) in [7, 11) is 0. The van der Waals surface area contributed by atoms with Gasteiger partial charge in [-0.3, -0.25) is 5.41 Å². The van der Waals surface area contributed by atoms with E-state index in [1.54, 1.807) is 6.07 Å². The maximum Gasteiger partial charge on any atom is 0.195 e. The van der Waals surface area contributed by atoms with Gasteiger partial charge in [0.05, 0.1) is 6.20 Å². The standard InChI is InChI=1S/C5H5N4/c6-4(7)5-8-2-1-3-9-5/h1-2H,(H3,6,7). The molecule has 0 aliphatic heterocycles. The predicted molar refractivity (Wildman–Crippen MR) is 31.9 cm³/mol. The molecule has 0 saturated carbocycles. The summed E-state index contributed by atoms with van der Waals surface area (Å²) in [6, 6.07) is 1.55. The minimum Gasteiger partial charge on any atom is -0.381 e. The van der Waals surface area contributed by atoms with Crippen molar-refractivity contribution in [3.8, 4) is 0 Å². The van der Waals surface area contributed by atoms with Crippen LogP contribution in [-0.2, 0) is 0 Å². The van der Waals surface area contributed by atoms with E-state index in [1.807, 2.05) is 0 Å². The number of nitrogen functional groups attached to an aromatic ring is 1. The molecule has 4 heteroatoms. The van der Waals surface area contributed by atoms with Gasteiger partial charge in [-0.25, -0.2) is 9.97 Å². The number of rotatable bonds is 1. The molecule has 0 aromatic carbocycles. The van der Waals surface area contributed by atoms with Gasteiger partial charge in [-0.2, -0.15) is 0 Å². The Morgan fingerprint density at radius 2 is 2.56 bits per heavy atom. The van der Waals surface area contributed by atoms with E-state index < -0.39 is 0 Å². The molecule has 0 bridgehead atoms. The molecule has 3 N–H and O–H groups in total. The first-order valence-corrected chi connectivity index (χ1v) is 2.34. The first-order valence-electron chi connectivity index (χ1n) is 2.34. The van der Waals surface area contributed by atoms with Crippen LogP contribution >= 0.6 is 0 Å². The van der Waals surface area contributed by atoms with Gasteiger partial charge >= 0.3 is 0 Å². The number of nitrogens with one attached hydrogen (secondary N) is 1. The summed E-state index contributed by atoms with van der Waals surface area (Å²) in [6.07, 6.45) is 4.00. The lowest BCUT2D eigenvalue weighted by atomic mass is 10.5. The number of nitrogens with two attached hydrogens (primary N) is 1. The molecular formula is C5H5N4. The van der Waals surface area contributed by atoms with Gasteiger partial charge in [0.1, 0.15) is 0 Å². The summed E-state index contributed by atoms with van der Waals surface area (Å²) in [5.74, 6) is 0.0874. The third-order valence-corrected chi connectivity index (χ3v) is 0.757. The molecule has 0 spiro atoms. The summed E-state index contributed by atoms with van der Waals surface area (Å²) in [5.41, 5.74) is 5.05. The Kier molecular flexibility index (Phi) is 1.40. The number of nitrogens with zero attached hydrogens (tertiary/aromatic N) is 2. The van der Waals surface area contributed by atoms with Crippen molar-refractivity contribution in [2.45, 2.75) is 0 Å². The van der Waals surface area contributed by atoms with E-state index in [9.17, 15) is 0 Å². The molecule has 0 unspecified atom stereocenters. The Morgan fingerprint density at radius 1 is 1.78 bits per heavy atom. The average molecular weight is 121 g/mol. The van der Waals surface area contributed by atoms with Crippen LogP contribution in [0.2, 0.25) is 0 Å². The molecular weight excluding hydrogens is 116 g/mol. The van der Waals surface area contributed by atoms with Crippen molar-refractivity contribution in [2.75, 3.05) is 0 Å². The lowest BCUT2D eigenvalue weighted by Crippen LogP contribution is -2.14. The minimum atomic E-state index is -0.133. The molecule has 0 fully saturated rings. The van der Waals surface area contributed by atoms with Gasteiger partial charge in [-0.05, 0) is 6.07 Å². The fourth-order valence-corrected chi connectivity index (χ4v) is 0.398. The van der Waals surface area contributed by atoms with Crippen LogP contribution in [0.3, 0.4) is 0 Å². The first-order chi connectivity index (χ1) is 4.30. The topological polar surface area (TPSA) is 75.7 Å². The highest BCUT2D eigenvalue weighted by atomic mass is 14.9. The molecule has 0 aliphatic rings. The molecule has 9 heavy (non-hydrogen) atoms. The Bertz CT molecular complexity index is 205. The van der Waals surface area contributed by atoms with Gasteiger partial charge in [-0.1, -0.05) is 0 Å². The second-order valence-corrected chi connectivity index (χ2v) is 1.42. The third-order valence-electron chi connectivity index (χ3n) is 0.757. The van der Waals surface area contributed by atoms with Crippen LogP contribution in [0.15, 0.2) is 12.3 Å². The van der Waals surface area contributed by atoms with Crippen molar-refractivity contribution in [3.05, 3.63) is 24.3 Å². The summed E-state index contributed by atoms with van der Waals surface area (Å²) in [6.45, 7) is 0. The highest BCUT2D eigenvalue weighted by molar-refractivity contribution is 5.90. The number of aromatic nitrogens is 2. The lowest BCUT2D eigenvalue weighted by Gasteiger charge is -1.90. The van der Waals surface area contributed by atoms with E-state index >= 15 is 0 Å². The molecule has 0 aliphatic carbocycles. The summed E-state index contributed by atoms with van der Waals surface area (Å²) in [5, 5.41) is 6.87. The van der Waals surface area contributed by atoms with Gasteiger partial charge in [0.2, 0.25) is 0 Å². The second-order valence-electron chi connectivity index (χ2n) is 1.42. The molecule has 0 saturated heterocycles. The fraction of sp³-hybridized carbons (Fsp3) is 0. The van der Waals surface area contributed by atoms with Crippen LogP contribution in [-0.4, -0.2) is 15.8 Å². The van der Waals surface area contributed by atoms with Gasteiger partial charge in [-0.15, -0.1) is 0 Å². The zero-order valence-corrected chi connectivity index (χ0v) is 4.63. The molecule has 0 atom stereocenters. The van der Waals surface area contributed by atoms with Crippen LogP contribution in [0, 0.1) is 11.6 Å². The van der Waals surface area contributed by atoms with Crippen molar-refractivity contribution in [1.82, 2.24) is 9.97 Å². The van der Waals surface area contributed by atoms with Crippen LogP contribution < -0.4 is 5.73 Å². The normalized spacial score (nSPS) is 8.89. The maximum atomic E-state index is 6.87. The van der Waals surface area contributed by atoms with E-state index in [0.29, 0.717) is 0 Å². The van der Waals surface area contributed by atoms with Crippen LogP contribution in [0.4, 0.5) is 0 Å². The van der Waals surface area contributed by atoms with Crippen molar-refractivity contribution < 1.29 is 0 Å². The van der Waals surface area contributed by atoms with Crippen molar-refractivity contribution in [1.29, 1.82) is 5.41 Å². The zero-order valence-electron chi connectivity index (χ0n) is 4.63. The number of amidine groups is 1. The van der Waals surface area contributed by atoms with Crippen LogP contribution in [0.25, 0.3) is 0 Å². The Balaban J connectivity index is 2.98. The average Bonchev–Trinajstić information content (AvgIpc) is 1.90. The Morgan fingerprint density at radius 3 is 2.89 bits per heavy atom. The van der Waals surface area contributed by atoms with E-state index in [-0.39, 0.29) is 11.7 Å². The van der Waals surface area contributed by atoms with Gasteiger partial charge < -0.3 is 5.73 Å². The number of hydrogen-bond acceptors (Lipinski definition) is 3. The molecule has 45 valence electrons. The second kappa shape index (κ2) is 2.21. The molecule has 0 amide bonds. The van der Waals surface area contributed by atoms with E-state index in [0.717, 1.165) is 0 Å². The molecule has 1 aromatic rings. The summed E-state index contributed by atoms with van der Waals surface area (Å²) >= 11 is 0. The SMILES string of the molecule is N=C(N)c1n[c]ccn1. The third kappa shape index (κ3) is 1.22. The molecule has 1 aromatic heterocycles. The smallest absolute Gasteiger partial charge is 0.195 e. The molecule has 1 rings (SSSR count). The van der Waals surface area contributed by atoms with Gasteiger partial charge in [0.15, 0.2) is 11.7 Å². The highest BCUT2D eigenvalue weighted by Crippen LogP contribution is 1.81. The fourth-order valence-electron chi connectivity index (χ4n) is 0.398. The van der Waals surface area contributed by atoms with Gasteiger partial charge in [0.25, 0.3) is 0 Å². The van der Waals surface area contributed by atoms with Crippen LogP contribution in [0.5, 0.6) is 0 Å². The minimum absolute atomic E-state index is 0.133. The largest absolute Gasteiger partial charge is 0.381 e. The monoisotopic (exact) mass is 121 g/mol. The van der Waals surface area contributed by atoms with Crippen molar-refractivity contribution in [2.24, 2.45) is 5.73 Å². The predicted octanol–water partition coefficient (Wildman–Crippen LogP) is -0.439. The zero-order chi connectivity index (χ0) is 6.69. The number of hydrogen-bond donors (Lipinski definition) is 2. The first kappa shape index (κ1) is 5.68. The summed E-state index contributed by atoms with van der Waals surface area (Å²) < 4.78 is 0. The Labute approximate surface area is 52.3 Å². The molecule has 1 heterocycles. The quantitative estimate of drug-likeness (QED) is 0.390. The van der Waals surface area contributed by atoms with Gasteiger partial charge in [0, 0.05) is 6.20 Å². The Hall–Kier alpha value is -1.45. The maximum absolute atomic E-state index is 6.87. The van der Waals surface area contributed by atoms with E-state index in [2.05, 4.69) is 16.2 Å². The van der Waals surface area contributed by atoms with E-state index in [1.165, 1.54) is 6.20 Å².